The maximum Gasteiger partial charge on any atom is 0.101 e. The van der Waals surface area contributed by atoms with Crippen LogP contribution >= 0.6 is 0 Å². The van der Waals surface area contributed by atoms with Crippen molar-refractivity contribution in [1.29, 1.82) is 36.8 Å². The molecule has 120 valence electrons. The van der Waals surface area contributed by atoms with Crippen molar-refractivity contribution in [2.45, 2.75) is 5.92 Å². The summed E-state index contributed by atoms with van der Waals surface area (Å²) >= 11 is 0. The van der Waals surface area contributed by atoms with Gasteiger partial charge in [-0.25, -0.2) is 0 Å². The topological polar surface area (TPSA) is 167 Å². The fourth-order valence-corrected chi connectivity index (χ4v) is 2.73. The summed E-state index contributed by atoms with van der Waals surface area (Å²) in [6.45, 7) is 0. The van der Waals surface area contributed by atoms with Gasteiger partial charge in [0.05, 0.1) is 51.6 Å². The van der Waals surface area contributed by atoms with Crippen molar-refractivity contribution in [3.8, 4) is 42.5 Å². The second-order valence-electron chi connectivity index (χ2n) is 5.13. The highest BCUT2D eigenvalue weighted by Crippen LogP contribution is 2.35. The molecule has 0 amide bonds. The first kappa shape index (κ1) is 18.2. The molecular formula is C20H5N7. The Morgan fingerprint density at radius 1 is 0.481 bits per heavy atom. The third-order valence-corrected chi connectivity index (χ3v) is 3.90. The van der Waals surface area contributed by atoms with E-state index in [1.54, 1.807) is 0 Å². The van der Waals surface area contributed by atoms with E-state index >= 15 is 0 Å². The molecule has 0 aliphatic rings. The maximum absolute atomic E-state index is 9.79. The largest absolute Gasteiger partial charge is 0.197 e. The lowest BCUT2D eigenvalue weighted by molar-refractivity contribution is 1.00. The average molecular weight is 343 g/mol. The van der Waals surface area contributed by atoms with Crippen LogP contribution in [-0.4, -0.2) is 0 Å². The highest BCUT2D eigenvalue weighted by atomic mass is 14.4. The zero-order chi connectivity index (χ0) is 20.0. The van der Waals surface area contributed by atoms with Crippen molar-refractivity contribution in [3.63, 3.8) is 0 Å². The van der Waals surface area contributed by atoms with Crippen LogP contribution in [0, 0.1) is 79.3 Å². The molecule has 7 nitrogen and oxygen atoms in total. The van der Waals surface area contributed by atoms with Gasteiger partial charge in [-0.05, 0) is 24.3 Å². The van der Waals surface area contributed by atoms with Gasteiger partial charge in [0.1, 0.15) is 30.2 Å². The summed E-state index contributed by atoms with van der Waals surface area (Å²) in [6.07, 6.45) is 0. The van der Waals surface area contributed by atoms with Gasteiger partial charge in [0.25, 0.3) is 0 Å². The van der Waals surface area contributed by atoms with Gasteiger partial charge in [0.2, 0.25) is 0 Å². The van der Waals surface area contributed by atoms with Gasteiger partial charge in [-0.15, -0.1) is 0 Å². The third kappa shape index (κ3) is 2.87. The normalized spacial score (nSPS) is 8.81. The molecule has 0 N–H and O–H groups in total. The Labute approximate surface area is 154 Å². The summed E-state index contributed by atoms with van der Waals surface area (Å²) in [5.74, 6) is -1.36. The highest BCUT2D eigenvalue weighted by molar-refractivity contribution is 5.66. The van der Waals surface area contributed by atoms with E-state index in [-0.39, 0.29) is 44.5 Å². The Hall–Kier alpha value is -5.13. The van der Waals surface area contributed by atoms with Crippen LogP contribution in [0.3, 0.4) is 0 Å². The predicted octanol–water partition coefficient (Wildman–Crippen LogP) is 2.57. The molecule has 0 fully saturated rings. The minimum atomic E-state index is -1.36. The van der Waals surface area contributed by atoms with E-state index < -0.39 is 5.92 Å². The summed E-state index contributed by atoms with van der Waals surface area (Å²) in [4.78, 5) is 0. The third-order valence-electron chi connectivity index (χ3n) is 3.90. The van der Waals surface area contributed by atoms with E-state index in [2.05, 4.69) is 0 Å². The molecule has 2 aromatic rings. The van der Waals surface area contributed by atoms with Gasteiger partial charge in [0, 0.05) is 11.1 Å². The lowest BCUT2D eigenvalue weighted by Gasteiger charge is -2.17. The van der Waals surface area contributed by atoms with Gasteiger partial charge in [-0.1, -0.05) is 0 Å². The average Bonchev–Trinajstić information content (AvgIpc) is 2.72. The molecular weight excluding hydrogens is 338 g/mol. The molecule has 0 heterocycles. The Balaban J connectivity index is 3.06. The molecule has 2 aromatic carbocycles. The van der Waals surface area contributed by atoms with Crippen LogP contribution in [-0.2, 0) is 0 Å². The Morgan fingerprint density at radius 2 is 0.815 bits per heavy atom. The first-order valence-corrected chi connectivity index (χ1v) is 7.25. The minimum absolute atomic E-state index is 0.0350. The molecule has 0 atom stereocenters. The summed E-state index contributed by atoms with van der Waals surface area (Å²) in [7, 11) is 0. The molecule has 7 heteroatoms. The highest BCUT2D eigenvalue weighted by Gasteiger charge is 2.29. The van der Waals surface area contributed by atoms with Gasteiger partial charge >= 0.3 is 0 Å². The van der Waals surface area contributed by atoms with E-state index in [0.717, 1.165) is 0 Å². The molecule has 0 aliphatic heterocycles. The fourth-order valence-electron chi connectivity index (χ4n) is 2.73. The van der Waals surface area contributed by atoms with E-state index in [0.29, 0.717) is 0 Å². The minimum Gasteiger partial charge on any atom is -0.197 e. The SMILES string of the molecule is N#Cc1ccc(C#N)c(C(C#N)c2c(C#N)ccc(C#N)c2C#N)c1C#N. The first-order chi connectivity index (χ1) is 13.1. The van der Waals surface area contributed by atoms with Crippen LogP contribution in [0.15, 0.2) is 24.3 Å². The lowest BCUT2D eigenvalue weighted by atomic mass is 9.80. The van der Waals surface area contributed by atoms with Crippen molar-refractivity contribution >= 4 is 0 Å². The molecule has 2 rings (SSSR count). The number of hydrogen-bond acceptors (Lipinski definition) is 7. The van der Waals surface area contributed by atoms with Gasteiger partial charge < -0.3 is 0 Å². The molecule has 0 bridgehead atoms. The quantitative estimate of drug-likeness (QED) is 0.807. The van der Waals surface area contributed by atoms with Crippen molar-refractivity contribution < 1.29 is 0 Å². The van der Waals surface area contributed by atoms with E-state index in [1.165, 1.54) is 24.3 Å². The molecule has 0 unspecified atom stereocenters. The number of rotatable bonds is 2. The summed E-state index contributed by atoms with van der Waals surface area (Å²) < 4.78 is 0. The second-order valence-corrected chi connectivity index (χ2v) is 5.13. The molecule has 0 radical (unpaired) electrons. The predicted molar refractivity (Wildman–Crippen MR) is 88.6 cm³/mol. The van der Waals surface area contributed by atoms with Crippen LogP contribution in [0.4, 0.5) is 0 Å². The van der Waals surface area contributed by atoms with Crippen molar-refractivity contribution in [3.05, 3.63) is 68.8 Å². The zero-order valence-corrected chi connectivity index (χ0v) is 13.5. The van der Waals surface area contributed by atoms with E-state index in [1.807, 2.05) is 42.5 Å². The van der Waals surface area contributed by atoms with E-state index in [9.17, 15) is 36.8 Å². The Morgan fingerprint density at radius 3 is 1.07 bits per heavy atom. The molecule has 0 aliphatic carbocycles. The monoisotopic (exact) mass is 343 g/mol. The zero-order valence-electron chi connectivity index (χ0n) is 13.5. The Bertz CT molecular complexity index is 1160. The smallest absolute Gasteiger partial charge is 0.101 e. The standard InChI is InChI=1S/C20H5N7/c21-5-12-1-3-14(7-23)19(16(12)9-25)18(11-27)20-15(8-24)4-2-13(6-22)17(20)10-26/h1-4,18H. The van der Waals surface area contributed by atoms with Gasteiger partial charge in [-0.3, -0.25) is 0 Å². The molecule has 0 saturated heterocycles. The number of nitriles is 7. The summed E-state index contributed by atoms with van der Waals surface area (Å²) in [6, 6.07) is 18.1. The van der Waals surface area contributed by atoms with Crippen LogP contribution in [0.5, 0.6) is 0 Å². The number of benzene rings is 2. The second kappa shape index (κ2) is 7.63. The van der Waals surface area contributed by atoms with E-state index in [4.69, 9.17) is 0 Å². The van der Waals surface area contributed by atoms with Crippen molar-refractivity contribution in [1.82, 2.24) is 0 Å². The van der Waals surface area contributed by atoms with Gasteiger partial charge in [-0.2, -0.15) is 36.8 Å². The maximum atomic E-state index is 9.79. The van der Waals surface area contributed by atoms with Gasteiger partial charge in [0.15, 0.2) is 0 Å². The van der Waals surface area contributed by atoms with Crippen LogP contribution in [0.2, 0.25) is 0 Å². The van der Waals surface area contributed by atoms with Crippen molar-refractivity contribution in [2.24, 2.45) is 0 Å². The lowest BCUT2D eigenvalue weighted by Crippen LogP contribution is -2.10. The first-order valence-electron chi connectivity index (χ1n) is 7.25. The molecule has 0 spiro atoms. The van der Waals surface area contributed by atoms with Crippen LogP contribution in [0.1, 0.15) is 50.4 Å². The summed E-state index contributed by atoms with van der Waals surface area (Å²) in [5.41, 5.74) is -0.648. The molecule has 0 saturated carbocycles. The fraction of sp³-hybridized carbons (Fsp3) is 0.0500. The molecule has 0 aromatic heterocycles. The number of nitrogens with zero attached hydrogens (tertiary/aromatic N) is 7. The van der Waals surface area contributed by atoms with Crippen molar-refractivity contribution in [2.75, 3.05) is 0 Å². The van der Waals surface area contributed by atoms with Crippen LogP contribution < -0.4 is 0 Å². The number of hydrogen-bond donors (Lipinski definition) is 0. The Kier molecular flexibility index (Phi) is 5.14. The van der Waals surface area contributed by atoms with Crippen LogP contribution in [0.25, 0.3) is 0 Å². The molecule has 27 heavy (non-hydrogen) atoms. The summed E-state index contributed by atoms with van der Waals surface area (Å²) in [5, 5.41) is 66.1.